The van der Waals surface area contributed by atoms with Crippen LogP contribution in [0.15, 0.2) is 24.3 Å². The van der Waals surface area contributed by atoms with Crippen LogP contribution < -0.4 is 5.32 Å². The van der Waals surface area contributed by atoms with Gasteiger partial charge in [0.25, 0.3) is 0 Å². The van der Waals surface area contributed by atoms with E-state index in [0.29, 0.717) is 16.5 Å². The molecule has 122 valence electrons. The summed E-state index contributed by atoms with van der Waals surface area (Å²) in [5.74, 6) is 2.48. The quantitative estimate of drug-likeness (QED) is 0.682. The summed E-state index contributed by atoms with van der Waals surface area (Å²) in [5.41, 5.74) is 1.21. The highest BCUT2D eigenvalue weighted by atomic mass is 32.2. The van der Waals surface area contributed by atoms with Gasteiger partial charge in [-0.05, 0) is 43.2 Å². The molecule has 2 atom stereocenters. The molecular formula is C18H22N2O2S. The van der Waals surface area contributed by atoms with Crippen LogP contribution in [0.5, 0.6) is 0 Å². The van der Waals surface area contributed by atoms with Gasteiger partial charge >= 0.3 is 11.8 Å². The first kappa shape index (κ1) is 17.4. The van der Waals surface area contributed by atoms with Crippen LogP contribution in [0, 0.1) is 12.3 Å². The minimum atomic E-state index is -0.617. The largest absolute Gasteiger partial charge is 0.334 e. The Balaban J connectivity index is 1.94. The third kappa shape index (κ3) is 4.52. The molecule has 1 fully saturated rings. The molecule has 2 rings (SSSR count). The smallest absolute Gasteiger partial charge is 0.313 e. The number of rotatable bonds is 4. The average Bonchev–Trinajstić information content (AvgIpc) is 3.02. The first-order chi connectivity index (χ1) is 11.0. The van der Waals surface area contributed by atoms with Crippen molar-refractivity contribution in [1.29, 1.82) is 0 Å². The van der Waals surface area contributed by atoms with Gasteiger partial charge in [0.1, 0.15) is 0 Å². The van der Waals surface area contributed by atoms with E-state index in [-0.39, 0.29) is 6.04 Å². The third-order valence-electron chi connectivity index (χ3n) is 4.11. The number of benzene rings is 1. The fourth-order valence-corrected chi connectivity index (χ4v) is 3.99. The van der Waals surface area contributed by atoms with Crippen molar-refractivity contribution in [3.8, 4) is 12.3 Å². The lowest BCUT2D eigenvalue weighted by Crippen LogP contribution is -2.42. The average molecular weight is 330 g/mol. The molecule has 0 radical (unpaired) electrons. The van der Waals surface area contributed by atoms with Crippen molar-refractivity contribution in [2.24, 2.45) is 0 Å². The molecule has 1 N–H and O–H groups in total. The number of likely N-dealkylation sites (N-methyl/N-ethyl adjacent to an activating group) is 1. The molecule has 1 aliphatic rings. The van der Waals surface area contributed by atoms with Crippen LogP contribution in [0.3, 0.4) is 0 Å². The first-order valence-corrected chi connectivity index (χ1v) is 8.86. The molecule has 0 bridgehead atoms. The van der Waals surface area contributed by atoms with Gasteiger partial charge < -0.3 is 10.2 Å². The van der Waals surface area contributed by atoms with Crippen molar-refractivity contribution >= 4 is 29.3 Å². The highest BCUT2D eigenvalue weighted by molar-refractivity contribution is 7.99. The number of thioether (sulfide) groups is 1. The van der Waals surface area contributed by atoms with Gasteiger partial charge in [-0.2, -0.15) is 11.8 Å². The zero-order chi connectivity index (χ0) is 16.8. The second kappa shape index (κ2) is 8.07. The van der Waals surface area contributed by atoms with Gasteiger partial charge in [0.2, 0.25) is 0 Å². The molecule has 1 aromatic carbocycles. The van der Waals surface area contributed by atoms with Crippen LogP contribution in [-0.4, -0.2) is 40.8 Å². The third-order valence-corrected chi connectivity index (χ3v) is 5.34. The topological polar surface area (TPSA) is 49.4 Å². The van der Waals surface area contributed by atoms with E-state index in [1.165, 1.54) is 0 Å². The minimum Gasteiger partial charge on any atom is -0.334 e. The number of hydrogen-bond donors (Lipinski definition) is 1. The van der Waals surface area contributed by atoms with Gasteiger partial charge in [0.15, 0.2) is 0 Å². The van der Waals surface area contributed by atoms with Crippen molar-refractivity contribution in [3.63, 3.8) is 0 Å². The van der Waals surface area contributed by atoms with E-state index in [9.17, 15) is 9.59 Å². The van der Waals surface area contributed by atoms with Crippen molar-refractivity contribution in [1.82, 2.24) is 4.90 Å². The number of nitrogens with one attached hydrogen (secondary N) is 1. The molecule has 4 nitrogen and oxygen atoms in total. The number of anilines is 1. The van der Waals surface area contributed by atoms with Crippen LogP contribution in [0.2, 0.25) is 0 Å². The monoisotopic (exact) mass is 330 g/mol. The molecule has 0 heterocycles. The Kier molecular flexibility index (Phi) is 6.12. The summed E-state index contributed by atoms with van der Waals surface area (Å²) in [7, 11) is 1.71. The number of nitrogens with zero attached hydrogens (tertiary/aromatic N) is 1. The van der Waals surface area contributed by atoms with Gasteiger partial charge in [-0.15, -0.1) is 6.42 Å². The molecule has 1 aromatic rings. The highest BCUT2D eigenvalue weighted by Gasteiger charge is 2.32. The summed E-state index contributed by atoms with van der Waals surface area (Å²) in [6.45, 7) is 2.14. The summed E-state index contributed by atoms with van der Waals surface area (Å²) in [6, 6.07) is 7.06. The second-order valence-corrected chi connectivity index (χ2v) is 7.22. The fourth-order valence-electron chi connectivity index (χ4n) is 2.85. The number of carbonyl (C=O) groups excluding carboxylic acids is 2. The van der Waals surface area contributed by atoms with E-state index in [0.717, 1.165) is 25.0 Å². The van der Waals surface area contributed by atoms with Crippen molar-refractivity contribution in [2.75, 3.05) is 18.1 Å². The van der Waals surface area contributed by atoms with Crippen LogP contribution in [0.25, 0.3) is 0 Å². The summed E-state index contributed by atoms with van der Waals surface area (Å²) in [6.07, 6.45) is 8.36. The predicted molar refractivity (Wildman–Crippen MR) is 95.3 cm³/mol. The highest BCUT2D eigenvalue weighted by Crippen LogP contribution is 2.32. The molecule has 5 heteroatoms. The molecule has 0 saturated heterocycles. The fraction of sp³-hybridized carbons (Fsp3) is 0.444. The Morgan fingerprint density at radius 2 is 2.22 bits per heavy atom. The van der Waals surface area contributed by atoms with Crippen LogP contribution >= 0.6 is 11.8 Å². The van der Waals surface area contributed by atoms with E-state index in [1.54, 1.807) is 36.2 Å². The van der Waals surface area contributed by atoms with Crippen LogP contribution in [0.1, 0.15) is 31.7 Å². The lowest BCUT2D eigenvalue weighted by molar-refractivity contribution is -0.143. The maximum absolute atomic E-state index is 12.3. The zero-order valence-electron chi connectivity index (χ0n) is 13.5. The van der Waals surface area contributed by atoms with E-state index < -0.39 is 11.8 Å². The minimum absolute atomic E-state index is 0.148. The van der Waals surface area contributed by atoms with Gasteiger partial charge in [-0.25, -0.2) is 0 Å². The van der Waals surface area contributed by atoms with Crippen molar-refractivity contribution in [2.45, 2.75) is 37.5 Å². The Bertz CT molecular complexity index is 624. The number of terminal acetylenes is 1. The molecule has 0 aromatic heterocycles. The SMILES string of the molecule is C#Cc1cccc(NC(=O)C(=O)N(C)[C@@H]2CC[C@@H](SCC)C2)c1. The molecule has 1 aliphatic carbocycles. The first-order valence-electron chi connectivity index (χ1n) is 7.81. The normalized spacial score (nSPS) is 19.9. The Morgan fingerprint density at radius 1 is 1.43 bits per heavy atom. The van der Waals surface area contributed by atoms with Gasteiger partial charge in [-0.1, -0.05) is 18.9 Å². The second-order valence-electron chi connectivity index (χ2n) is 5.64. The molecule has 0 spiro atoms. The maximum Gasteiger partial charge on any atom is 0.313 e. The van der Waals surface area contributed by atoms with E-state index in [1.807, 2.05) is 11.8 Å². The van der Waals surface area contributed by atoms with Gasteiger partial charge in [0, 0.05) is 29.6 Å². The summed E-state index contributed by atoms with van der Waals surface area (Å²) >= 11 is 1.93. The molecule has 0 unspecified atom stereocenters. The molecule has 2 amide bonds. The Hall–Kier alpha value is -1.93. The lowest BCUT2D eigenvalue weighted by Gasteiger charge is -2.24. The molecule has 1 saturated carbocycles. The summed E-state index contributed by atoms with van der Waals surface area (Å²) in [5, 5.41) is 3.22. The lowest BCUT2D eigenvalue weighted by atomic mass is 10.2. The summed E-state index contributed by atoms with van der Waals surface area (Å²) < 4.78 is 0. The maximum atomic E-state index is 12.3. The molecule has 0 aliphatic heterocycles. The number of amides is 2. The zero-order valence-corrected chi connectivity index (χ0v) is 14.4. The molecular weight excluding hydrogens is 308 g/mol. The number of carbonyl (C=O) groups is 2. The van der Waals surface area contributed by atoms with Gasteiger partial charge in [0.05, 0.1) is 0 Å². The Morgan fingerprint density at radius 3 is 2.91 bits per heavy atom. The van der Waals surface area contributed by atoms with E-state index in [4.69, 9.17) is 6.42 Å². The van der Waals surface area contributed by atoms with Gasteiger partial charge in [-0.3, -0.25) is 9.59 Å². The summed E-state index contributed by atoms with van der Waals surface area (Å²) in [4.78, 5) is 26.1. The van der Waals surface area contributed by atoms with Crippen LogP contribution in [-0.2, 0) is 9.59 Å². The van der Waals surface area contributed by atoms with E-state index >= 15 is 0 Å². The standard InChI is InChI=1S/C18H22N2O2S/c1-4-13-7-6-8-14(11-13)19-17(21)18(22)20(3)15-9-10-16(12-15)23-5-2/h1,6-8,11,15-16H,5,9-10,12H2,2-3H3,(H,19,21)/t15-,16-/m1/s1. The van der Waals surface area contributed by atoms with Crippen molar-refractivity contribution < 1.29 is 9.59 Å². The Labute approximate surface area is 142 Å². The predicted octanol–water partition coefficient (Wildman–Crippen LogP) is 2.74. The van der Waals surface area contributed by atoms with Crippen LogP contribution in [0.4, 0.5) is 5.69 Å². The molecule has 23 heavy (non-hydrogen) atoms. The number of hydrogen-bond acceptors (Lipinski definition) is 3. The van der Waals surface area contributed by atoms with Crippen molar-refractivity contribution in [3.05, 3.63) is 29.8 Å². The van der Waals surface area contributed by atoms with E-state index in [2.05, 4.69) is 18.2 Å².